The van der Waals surface area contributed by atoms with E-state index < -0.39 is 12.0 Å². The SMILES string of the molecule is CCOC(=O)C[C@H](NC(=O)CCC(=O)Nc1ccc(C(=N)N)cc1)c1cccnc1. The molecule has 2 amide bonds. The molecule has 1 heterocycles. The van der Waals surface area contributed by atoms with Gasteiger partial charge in [0.05, 0.1) is 19.1 Å². The van der Waals surface area contributed by atoms with Crippen LogP contribution in [0.1, 0.15) is 43.4 Å². The first-order valence-electron chi connectivity index (χ1n) is 9.48. The van der Waals surface area contributed by atoms with E-state index in [-0.39, 0.29) is 43.5 Å². The van der Waals surface area contributed by atoms with Crippen molar-refractivity contribution in [3.8, 4) is 0 Å². The van der Waals surface area contributed by atoms with Crippen LogP contribution in [0.15, 0.2) is 48.8 Å². The van der Waals surface area contributed by atoms with Crippen LogP contribution in [0.4, 0.5) is 5.69 Å². The number of anilines is 1. The lowest BCUT2D eigenvalue weighted by atomic mass is 10.1. The third kappa shape index (κ3) is 7.34. The molecule has 0 aliphatic heterocycles. The Balaban J connectivity index is 1.88. The first-order valence-corrected chi connectivity index (χ1v) is 9.48. The minimum Gasteiger partial charge on any atom is -0.466 e. The molecule has 2 rings (SSSR count). The zero-order chi connectivity index (χ0) is 21.9. The molecule has 0 spiro atoms. The lowest BCUT2D eigenvalue weighted by molar-refractivity contribution is -0.144. The highest BCUT2D eigenvalue weighted by atomic mass is 16.5. The number of hydrogen-bond acceptors (Lipinski definition) is 6. The summed E-state index contributed by atoms with van der Waals surface area (Å²) < 4.78 is 4.97. The van der Waals surface area contributed by atoms with E-state index in [0.717, 1.165) is 0 Å². The number of nitrogens with two attached hydrogens (primary N) is 1. The van der Waals surface area contributed by atoms with Gasteiger partial charge in [0, 0.05) is 36.5 Å². The third-order valence-corrected chi connectivity index (χ3v) is 4.16. The maximum atomic E-state index is 12.3. The summed E-state index contributed by atoms with van der Waals surface area (Å²) in [6.07, 6.45) is 3.07. The number of hydrogen-bond donors (Lipinski definition) is 4. The van der Waals surface area contributed by atoms with E-state index in [0.29, 0.717) is 16.8 Å². The van der Waals surface area contributed by atoms with Crippen molar-refractivity contribution in [1.29, 1.82) is 5.41 Å². The Bertz CT molecular complexity index is 884. The molecule has 158 valence electrons. The van der Waals surface area contributed by atoms with Crippen LogP contribution in [-0.2, 0) is 19.1 Å². The maximum absolute atomic E-state index is 12.3. The summed E-state index contributed by atoms with van der Waals surface area (Å²) >= 11 is 0. The van der Waals surface area contributed by atoms with Gasteiger partial charge >= 0.3 is 5.97 Å². The van der Waals surface area contributed by atoms with Gasteiger partial charge in [-0.15, -0.1) is 0 Å². The summed E-state index contributed by atoms with van der Waals surface area (Å²) in [7, 11) is 0. The van der Waals surface area contributed by atoms with Gasteiger partial charge in [-0.3, -0.25) is 24.8 Å². The zero-order valence-corrected chi connectivity index (χ0v) is 16.7. The van der Waals surface area contributed by atoms with Crippen molar-refractivity contribution in [2.45, 2.75) is 32.2 Å². The molecule has 0 unspecified atom stereocenters. The number of carbonyl (C=O) groups is 3. The molecule has 9 nitrogen and oxygen atoms in total. The van der Waals surface area contributed by atoms with Crippen molar-refractivity contribution in [1.82, 2.24) is 10.3 Å². The molecular formula is C21H25N5O4. The van der Waals surface area contributed by atoms with Gasteiger partial charge in [-0.05, 0) is 42.8 Å². The quantitative estimate of drug-likeness (QED) is 0.267. The molecule has 5 N–H and O–H groups in total. The molecule has 1 aromatic heterocycles. The number of rotatable bonds is 10. The molecule has 0 saturated carbocycles. The summed E-state index contributed by atoms with van der Waals surface area (Å²) in [5.74, 6) is -1.19. The molecule has 0 fully saturated rings. The van der Waals surface area contributed by atoms with Gasteiger partial charge in [0.15, 0.2) is 0 Å². The van der Waals surface area contributed by atoms with Crippen LogP contribution in [-0.4, -0.2) is 35.2 Å². The molecular weight excluding hydrogens is 386 g/mol. The van der Waals surface area contributed by atoms with Crippen LogP contribution >= 0.6 is 0 Å². The monoisotopic (exact) mass is 411 g/mol. The minimum absolute atomic E-state index is 0.0278. The van der Waals surface area contributed by atoms with E-state index >= 15 is 0 Å². The number of amidine groups is 1. The van der Waals surface area contributed by atoms with Crippen molar-refractivity contribution in [2.75, 3.05) is 11.9 Å². The molecule has 0 aliphatic rings. The number of amides is 2. The number of nitrogens with zero attached hydrogens (tertiary/aromatic N) is 1. The Kier molecular flexibility index (Phi) is 8.49. The van der Waals surface area contributed by atoms with Crippen molar-refractivity contribution in [3.63, 3.8) is 0 Å². The second-order valence-corrected chi connectivity index (χ2v) is 6.45. The van der Waals surface area contributed by atoms with E-state index in [1.165, 1.54) is 0 Å². The summed E-state index contributed by atoms with van der Waals surface area (Å²) in [5.41, 5.74) is 7.16. The van der Waals surface area contributed by atoms with Crippen molar-refractivity contribution >= 4 is 29.3 Å². The van der Waals surface area contributed by atoms with Crippen LogP contribution in [0.25, 0.3) is 0 Å². The number of aromatic nitrogens is 1. The molecule has 0 saturated heterocycles. The van der Waals surface area contributed by atoms with Crippen LogP contribution in [0.2, 0.25) is 0 Å². The number of carbonyl (C=O) groups excluding carboxylic acids is 3. The highest BCUT2D eigenvalue weighted by Crippen LogP contribution is 2.17. The second kappa shape index (κ2) is 11.3. The van der Waals surface area contributed by atoms with Crippen LogP contribution < -0.4 is 16.4 Å². The van der Waals surface area contributed by atoms with Gasteiger partial charge in [0.1, 0.15) is 5.84 Å². The minimum atomic E-state index is -0.590. The molecule has 1 aromatic carbocycles. The summed E-state index contributed by atoms with van der Waals surface area (Å²) in [6.45, 7) is 1.96. The normalized spacial score (nSPS) is 11.2. The van der Waals surface area contributed by atoms with E-state index in [2.05, 4.69) is 15.6 Å². The fourth-order valence-electron chi connectivity index (χ4n) is 2.67. The van der Waals surface area contributed by atoms with Gasteiger partial charge in [0.25, 0.3) is 0 Å². The Morgan fingerprint density at radius 2 is 1.83 bits per heavy atom. The highest BCUT2D eigenvalue weighted by Gasteiger charge is 2.20. The Labute approximate surface area is 174 Å². The molecule has 0 radical (unpaired) electrons. The molecule has 9 heteroatoms. The highest BCUT2D eigenvalue weighted by molar-refractivity contribution is 5.96. The van der Waals surface area contributed by atoms with Gasteiger partial charge in [-0.2, -0.15) is 0 Å². The standard InChI is InChI=1S/C21H25N5O4/c1-2-30-20(29)12-17(15-4-3-11-24-13-15)26-19(28)10-9-18(27)25-16-7-5-14(6-8-16)21(22)23/h3-8,11,13,17H,2,9-10,12H2,1H3,(H3,22,23)(H,25,27)(H,26,28)/t17-/m0/s1. The Morgan fingerprint density at radius 3 is 2.43 bits per heavy atom. The molecule has 30 heavy (non-hydrogen) atoms. The predicted molar refractivity (Wildman–Crippen MR) is 112 cm³/mol. The topological polar surface area (TPSA) is 147 Å². The summed E-state index contributed by atoms with van der Waals surface area (Å²) in [5, 5.41) is 12.8. The Hall–Kier alpha value is -3.75. The number of nitrogen functional groups attached to an aromatic ring is 1. The average molecular weight is 411 g/mol. The molecule has 0 aliphatic carbocycles. The van der Waals surface area contributed by atoms with Crippen LogP contribution in [0.3, 0.4) is 0 Å². The zero-order valence-electron chi connectivity index (χ0n) is 16.7. The van der Waals surface area contributed by atoms with E-state index in [9.17, 15) is 14.4 Å². The lowest BCUT2D eigenvalue weighted by Crippen LogP contribution is -2.31. The summed E-state index contributed by atoms with van der Waals surface area (Å²) in [4.78, 5) is 40.3. The number of benzene rings is 1. The first-order chi connectivity index (χ1) is 14.4. The molecule has 2 aromatic rings. The predicted octanol–water partition coefficient (Wildman–Crippen LogP) is 1.90. The van der Waals surface area contributed by atoms with Gasteiger partial charge in [-0.25, -0.2) is 0 Å². The maximum Gasteiger partial charge on any atom is 0.308 e. The molecule has 0 bridgehead atoms. The lowest BCUT2D eigenvalue weighted by Gasteiger charge is -2.18. The van der Waals surface area contributed by atoms with Gasteiger partial charge < -0.3 is 21.1 Å². The average Bonchev–Trinajstić information content (AvgIpc) is 2.73. The molecule has 1 atom stereocenters. The summed E-state index contributed by atoms with van der Waals surface area (Å²) in [6, 6.07) is 9.39. The van der Waals surface area contributed by atoms with Gasteiger partial charge in [0.2, 0.25) is 11.8 Å². The third-order valence-electron chi connectivity index (χ3n) is 4.16. The van der Waals surface area contributed by atoms with E-state index in [1.54, 1.807) is 55.7 Å². The number of nitrogens with one attached hydrogen (secondary N) is 3. The fourth-order valence-corrected chi connectivity index (χ4v) is 2.67. The smallest absolute Gasteiger partial charge is 0.308 e. The number of pyridine rings is 1. The van der Waals surface area contributed by atoms with E-state index in [1.807, 2.05) is 0 Å². The Morgan fingerprint density at radius 1 is 1.13 bits per heavy atom. The first kappa shape index (κ1) is 22.5. The number of esters is 1. The van der Waals surface area contributed by atoms with Crippen molar-refractivity contribution in [3.05, 3.63) is 59.9 Å². The largest absolute Gasteiger partial charge is 0.466 e. The van der Waals surface area contributed by atoms with Crippen molar-refractivity contribution in [2.24, 2.45) is 5.73 Å². The van der Waals surface area contributed by atoms with Crippen molar-refractivity contribution < 1.29 is 19.1 Å². The van der Waals surface area contributed by atoms with Crippen LogP contribution in [0, 0.1) is 5.41 Å². The fraction of sp³-hybridized carbons (Fsp3) is 0.286. The van der Waals surface area contributed by atoms with Crippen LogP contribution in [0.5, 0.6) is 0 Å². The second-order valence-electron chi connectivity index (χ2n) is 6.45. The van der Waals surface area contributed by atoms with Gasteiger partial charge in [-0.1, -0.05) is 6.07 Å². The number of ether oxygens (including phenoxy) is 1. The van der Waals surface area contributed by atoms with E-state index in [4.69, 9.17) is 15.9 Å².